The minimum Gasteiger partial charge on any atom is -0.507 e. The van der Waals surface area contributed by atoms with Crippen molar-refractivity contribution in [3.05, 3.63) is 131 Å². The van der Waals surface area contributed by atoms with Crippen LogP contribution in [0.3, 0.4) is 0 Å². The summed E-state index contributed by atoms with van der Waals surface area (Å²) in [5.41, 5.74) is 4.55. The lowest BCUT2D eigenvalue weighted by atomic mass is 9.92. The van der Waals surface area contributed by atoms with Gasteiger partial charge in [0.25, 0.3) is 0 Å². The topological polar surface area (TPSA) is 65.2 Å². The van der Waals surface area contributed by atoms with Gasteiger partial charge in [-0.1, -0.05) is 98.8 Å². The van der Waals surface area contributed by atoms with Crippen molar-refractivity contribution in [2.45, 2.75) is 13.8 Å². The molecule has 0 saturated heterocycles. The maximum absolute atomic E-state index is 10.5. The molecule has 0 radical (unpaired) electrons. The molecular formula is C31H30N2O2. The molecule has 2 N–H and O–H groups in total. The van der Waals surface area contributed by atoms with Crippen LogP contribution in [0.2, 0.25) is 0 Å². The zero-order valence-corrected chi connectivity index (χ0v) is 20.1. The Labute approximate surface area is 207 Å². The van der Waals surface area contributed by atoms with Crippen LogP contribution in [0.4, 0.5) is 0 Å². The average Bonchev–Trinajstić information content (AvgIpc) is 2.87. The van der Waals surface area contributed by atoms with Crippen LogP contribution in [0.5, 0.6) is 11.5 Å². The largest absolute Gasteiger partial charge is 0.507 e. The number of hydrogen-bond acceptors (Lipinski definition) is 4. The van der Waals surface area contributed by atoms with Gasteiger partial charge in [-0.3, -0.25) is 9.98 Å². The van der Waals surface area contributed by atoms with Gasteiger partial charge < -0.3 is 10.2 Å². The van der Waals surface area contributed by atoms with Gasteiger partial charge in [-0.05, 0) is 24.3 Å². The summed E-state index contributed by atoms with van der Waals surface area (Å²) < 4.78 is 0. The Kier molecular flexibility index (Phi) is 7.41. The first-order valence-electron chi connectivity index (χ1n) is 11.7. The van der Waals surface area contributed by atoms with Crippen molar-refractivity contribution in [3.8, 4) is 11.5 Å². The lowest BCUT2D eigenvalue weighted by molar-refractivity contribution is 0.395. The molecule has 0 spiro atoms. The zero-order chi connectivity index (χ0) is 24.7. The van der Waals surface area contributed by atoms with Crippen LogP contribution >= 0.6 is 0 Å². The van der Waals surface area contributed by atoms with Crippen molar-refractivity contribution < 1.29 is 10.2 Å². The molecule has 35 heavy (non-hydrogen) atoms. The molecular weight excluding hydrogens is 432 g/mol. The summed E-state index contributed by atoms with van der Waals surface area (Å²) in [6.07, 6.45) is 0. The fraction of sp³-hybridized carbons (Fsp3) is 0.161. The second kappa shape index (κ2) is 10.8. The molecule has 176 valence electrons. The van der Waals surface area contributed by atoms with Gasteiger partial charge in [0.1, 0.15) is 11.5 Å². The summed E-state index contributed by atoms with van der Waals surface area (Å²) in [7, 11) is 0. The summed E-state index contributed by atoms with van der Waals surface area (Å²) in [5.74, 6) is 0.411. The molecule has 0 aliphatic heterocycles. The fourth-order valence-corrected chi connectivity index (χ4v) is 3.84. The van der Waals surface area contributed by atoms with Crippen molar-refractivity contribution in [1.29, 1.82) is 0 Å². The molecule has 0 fully saturated rings. The summed E-state index contributed by atoms with van der Waals surface area (Å²) in [6.45, 7) is 5.28. The summed E-state index contributed by atoms with van der Waals surface area (Å²) >= 11 is 0. The zero-order valence-electron chi connectivity index (χ0n) is 20.1. The van der Waals surface area contributed by atoms with E-state index in [1.807, 2.05) is 97.1 Å². The van der Waals surface area contributed by atoms with Gasteiger partial charge in [-0.15, -0.1) is 0 Å². The number of rotatable bonds is 8. The highest BCUT2D eigenvalue weighted by molar-refractivity contribution is 6.15. The summed E-state index contributed by atoms with van der Waals surface area (Å²) in [6, 6.07) is 34.4. The normalized spacial score (nSPS) is 12.5. The highest BCUT2D eigenvalue weighted by atomic mass is 16.3. The molecule has 0 aliphatic carbocycles. The smallest absolute Gasteiger partial charge is 0.124 e. The summed E-state index contributed by atoms with van der Waals surface area (Å²) in [4.78, 5) is 9.95. The number of hydrogen-bond donors (Lipinski definition) is 2. The van der Waals surface area contributed by atoms with Crippen LogP contribution in [0.15, 0.2) is 119 Å². The first kappa shape index (κ1) is 24.0. The number of phenols is 2. The van der Waals surface area contributed by atoms with Crippen LogP contribution in [-0.4, -0.2) is 34.7 Å². The molecule has 0 heterocycles. The van der Waals surface area contributed by atoms with Crippen LogP contribution in [0.1, 0.15) is 36.1 Å². The standard InChI is InChI=1S/C31H30N2O2/c1-31(2,21-32-29(23-13-5-3-6-14-23)25-17-9-11-19-27(25)34)22-33-30(24-15-7-4-8-16-24)26-18-10-12-20-28(26)35/h3-20,34-35H,21-22H2,1-2H3. The molecule has 0 aliphatic rings. The predicted molar refractivity (Wildman–Crippen MR) is 144 cm³/mol. The Balaban J connectivity index is 1.66. The van der Waals surface area contributed by atoms with Crippen molar-refractivity contribution in [2.24, 2.45) is 15.4 Å². The van der Waals surface area contributed by atoms with Gasteiger partial charge in [-0.25, -0.2) is 0 Å². The van der Waals surface area contributed by atoms with Crippen molar-refractivity contribution in [3.63, 3.8) is 0 Å². The fourth-order valence-electron chi connectivity index (χ4n) is 3.84. The molecule has 4 aromatic carbocycles. The highest BCUT2D eigenvalue weighted by Gasteiger charge is 2.20. The number of nitrogens with zero attached hydrogens (tertiary/aromatic N) is 2. The molecule has 0 saturated carbocycles. The number of para-hydroxylation sites is 2. The van der Waals surface area contributed by atoms with Gasteiger partial charge >= 0.3 is 0 Å². The molecule has 0 unspecified atom stereocenters. The van der Waals surface area contributed by atoms with E-state index in [0.717, 1.165) is 22.6 Å². The van der Waals surface area contributed by atoms with Crippen molar-refractivity contribution in [1.82, 2.24) is 0 Å². The average molecular weight is 463 g/mol. The number of aromatic hydroxyl groups is 2. The molecule has 0 amide bonds. The van der Waals surface area contributed by atoms with Crippen LogP contribution in [0, 0.1) is 5.41 Å². The van der Waals surface area contributed by atoms with Gasteiger partial charge in [0.15, 0.2) is 0 Å². The van der Waals surface area contributed by atoms with E-state index in [-0.39, 0.29) is 16.9 Å². The van der Waals surface area contributed by atoms with Crippen LogP contribution < -0.4 is 0 Å². The van der Waals surface area contributed by atoms with E-state index >= 15 is 0 Å². The third-order valence-corrected chi connectivity index (χ3v) is 5.74. The molecule has 0 atom stereocenters. The molecule has 0 aromatic heterocycles. The van der Waals surface area contributed by atoms with Gasteiger partial charge in [0.05, 0.1) is 11.4 Å². The minimum atomic E-state index is -0.269. The maximum atomic E-state index is 10.5. The lowest BCUT2D eigenvalue weighted by Crippen LogP contribution is -2.22. The van der Waals surface area contributed by atoms with Gasteiger partial charge in [0.2, 0.25) is 0 Å². The maximum Gasteiger partial charge on any atom is 0.124 e. The SMILES string of the molecule is CC(C)(CN=C(c1ccccc1)c1ccccc1O)CN=C(c1ccccc1)c1ccccc1O. The second-order valence-electron chi connectivity index (χ2n) is 9.26. The van der Waals surface area contributed by atoms with Crippen molar-refractivity contribution in [2.75, 3.05) is 13.1 Å². The predicted octanol–water partition coefficient (Wildman–Crippen LogP) is 6.50. The number of benzene rings is 4. The quantitative estimate of drug-likeness (QED) is 0.294. The Morgan fingerprint density at radius 3 is 1.26 bits per heavy atom. The third-order valence-electron chi connectivity index (χ3n) is 5.74. The third kappa shape index (κ3) is 6.04. The first-order chi connectivity index (χ1) is 16.9. The van der Waals surface area contributed by atoms with E-state index in [0.29, 0.717) is 24.2 Å². The monoisotopic (exact) mass is 462 g/mol. The molecule has 4 nitrogen and oxygen atoms in total. The molecule has 4 aromatic rings. The van der Waals surface area contributed by atoms with Gasteiger partial charge in [0, 0.05) is 40.8 Å². The molecule has 4 rings (SSSR count). The number of aliphatic imine (C=N–C) groups is 2. The van der Waals surface area contributed by atoms with E-state index in [4.69, 9.17) is 9.98 Å². The van der Waals surface area contributed by atoms with Gasteiger partial charge in [-0.2, -0.15) is 0 Å². The van der Waals surface area contributed by atoms with E-state index in [1.165, 1.54) is 0 Å². The van der Waals surface area contributed by atoms with E-state index in [9.17, 15) is 10.2 Å². The van der Waals surface area contributed by atoms with Crippen LogP contribution in [-0.2, 0) is 0 Å². The van der Waals surface area contributed by atoms with E-state index in [2.05, 4.69) is 13.8 Å². The Morgan fingerprint density at radius 1 is 0.543 bits per heavy atom. The van der Waals surface area contributed by atoms with E-state index in [1.54, 1.807) is 12.1 Å². The molecule has 0 bridgehead atoms. The Morgan fingerprint density at radius 2 is 0.886 bits per heavy atom. The van der Waals surface area contributed by atoms with E-state index < -0.39 is 0 Å². The number of phenolic OH excluding ortho intramolecular Hbond substituents is 2. The van der Waals surface area contributed by atoms with Crippen molar-refractivity contribution >= 4 is 11.4 Å². The van der Waals surface area contributed by atoms with Crippen LogP contribution in [0.25, 0.3) is 0 Å². The molecule has 4 heteroatoms. The minimum absolute atomic E-state index is 0.205. The first-order valence-corrected chi connectivity index (χ1v) is 11.7. The highest BCUT2D eigenvalue weighted by Crippen LogP contribution is 2.25. The second-order valence-corrected chi connectivity index (χ2v) is 9.26. The Hall–Kier alpha value is -4.18. The summed E-state index contributed by atoms with van der Waals surface area (Å²) in [5, 5.41) is 21.0. The Bertz CT molecular complexity index is 1220. The lowest BCUT2D eigenvalue weighted by Gasteiger charge is -2.22.